The van der Waals surface area contributed by atoms with Crippen molar-refractivity contribution in [2.45, 2.75) is 78.4 Å². The van der Waals surface area contributed by atoms with Gasteiger partial charge in [-0.1, -0.05) is 64.2 Å². The Kier molecular flexibility index (Phi) is 8.86. The molecule has 0 amide bonds. The molecular weight excluding hydrogens is 376 g/mol. The Morgan fingerprint density at radius 1 is 0.700 bits per heavy atom. The van der Waals surface area contributed by atoms with Gasteiger partial charge in [-0.25, -0.2) is 0 Å². The summed E-state index contributed by atoms with van der Waals surface area (Å²) in [5.41, 5.74) is 3.55. The Labute approximate surface area is 182 Å². The number of aliphatic hydroxyl groups is 4. The van der Waals surface area contributed by atoms with Crippen molar-refractivity contribution < 1.29 is 20.4 Å². The van der Waals surface area contributed by atoms with Gasteiger partial charge in [0.1, 0.15) is 12.2 Å². The van der Waals surface area contributed by atoms with E-state index >= 15 is 0 Å². The lowest BCUT2D eigenvalue weighted by molar-refractivity contribution is 0.147. The molecule has 0 aromatic rings. The molecule has 0 saturated heterocycles. The highest BCUT2D eigenvalue weighted by molar-refractivity contribution is 5.48. The van der Waals surface area contributed by atoms with Crippen molar-refractivity contribution in [1.29, 1.82) is 0 Å². The zero-order valence-electron chi connectivity index (χ0n) is 19.1. The number of hydrogen-bond donors (Lipinski definition) is 4. The van der Waals surface area contributed by atoms with Crippen molar-refractivity contribution in [3.05, 3.63) is 58.7 Å². The van der Waals surface area contributed by atoms with Crippen LogP contribution in [0.1, 0.15) is 66.2 Å². The van der Waals surface area contributed by atoms with Crippen LogP contribution in [-0.4, -0.2) is 45.8 Å². The monoisotopic (exact) mass is 416 g/mol. The minimum Gasteiger partial charge on any atom is -0.396 e. The van der Waals surface area contributed by atoms with Crippen molar-refractivity contribution in [3.8, 4) is 0 Å². The molecular formula is C26H40O4. The van der Waals surface area contributed by atoms with Gasteiger partial charge in [0, 0.05) is 13.2 Å². The molecule has 0 aliphatic heterocycles. The summed E-state index contributed by atoms with van der Waals surface area (Å²) >= 11 is 0. The summed E-state index contributed by atoms with van der Waals surface area (Å²) < 4.78 is 0. The molecule has 0 aromatic carbocycles. The van der Waals surface area contributed by atoms with Crippen molar-refractivity contribution in [2.24, 2.45) is 10.8 Å². The van der Waals surface area contributed by atoms with Crippen molar-refractivity contribution in [3.63, 3.8) is 0 Å². The maximum absolute atomic E-state index is 10.6. The lowest BCUT2D eigenvalue weighted by Gasteiger charge is -2.22. The van der Waals surface area contributed by atoms with Crippen LogP contribution in [0.4, 0.5) is 0 Å². The average molecular weight is 417 g/mol. The normalized spacial score (nSPS) is 22.4. The highest BCUT2D eigenvalue weighted by Gasteiger charge is 2.23. The number of aliphatic hydroxyl groups excluding tert-OH is 4. The molecule has 0 fully saturated rings. The first-order valence-corrected chi connectivity index (χ1v) is 11.2. The van der Waals surface area contributed by atoms with Crippen LogP contribution in [0.3, 0.4) is 0 Å². The lowest BCUT2D eigenvalue weighted by Crippen LogP contribution is -2.17. The molecule has 0 spiro atoms. The fourth-order valence-electron chi connectivity index (χ4n) is 3.83. The van der Waals surface area contributed by atoms with Crippen LogP contribution >= 0.6 is 0 Å². The summed E-state index contributed by atoms with van der Waals surface area (Å²) in [4.78, 5) is 0. The first-order chi connectivity index (χ1) is 14.1. The molecule has 0 radical (unpaired) electrons. The molecule has 4 heteroatoms. The van der Waals surface area contributed by atoms with E-state index in [1.807, 2.05) is 36.5 Å². The molecule has 2 aliphatic carbocycles. The molecule has 0 saturated carbocycles. The standard InChI is InChI=1S/C26H40O4/c1-25(2,17-27)15-5-7-19-9-11-21(23(19)29)13-14-22-12-10-20(24(22)30)8-6-16-26(3,4)18-28/h9-14,23-24,27-30H,5-8,15-18H2,1-4H3/b14-13-. The summed E-state index contributed by atoms with van der Waals surface area (Å²) in [6.45, 7) is 8.55. The van der Waals surface area contributed by atoms with E-state index in [9.17, 15) is 20.4 Å². The van der Waals surface area contributed by atoms with Crippen LogP contribution in [0, 0.1) is 10.8 Å². The third-order valence-electron chi connectivity index (χ3n) is 6.28. The van der Waals surface area contributed by atoms with Crippen molar-refractivity contribution >= 4 is 0 Å². The Morgan fingerprint density at radius 2 is 1.07 bits per heavy atom. The fraction of sp³-hybridized carbons (Fsp3) is 0.615. The average Bonchev–Trinajstić information content (AvgIpc) is 3.23. The van der Waals surface area contributed by atoms with Crippen LogP contribution < -0.4 is 0 Å². The SMILES string of the molecule is CC(C)(CO)CCCC1=CC=C(/C=C\C2=CC=C(CCCC(C)(C)CO)C2O)C1O. The second-order valence-electron chi connectivity index (χ2n) is 10.3. The van der Waals surface area contributed by atoms with E-state index in [0.717, 1.165) is 60.8 Å². The molecule has 4 N–H and O–H groups in total. The Balaban J connectivity index is 1.78. The smallest absolute Gasteiger partial charge is 0.100 e. The summed E-state index contributed by atoms with van der Waals surface area (Å²) in [6, 6.07) is 0. The summed E-state index contributed by atoms with van der Waals surface area (Å²) in [5, 5.41) is 39.9. The second kappa shape index (κ2) is 10.7. The fourth-order valence-corrected chi connectivity index (χ4v) is 3.83. The van der Waals surface area contributed by atoms with E-state index < -0.39 is 12.2 Å². The van der Waals surface area contributed by atoms with Gasteiger partial charge in [0.25, 0.3) is 0 Å². The summed E-state index contributed by atoms with van der Waals surface area (Å²) in [7, 11) is 0. The minimum absolute atomic E-state index is 0.0794. The summed E-state index contributed by atoms with van der Waals surface area (Å²) in [6.07, 6.45) is 15.8. The van der Waals surface area contributed by atoms with E-state index in [-0.39, 0.29) is 24.0 Å². The highest BCUT2D eigenvalue weighted by atomic mass is 16.3. The maximum atomic E-state index is 10.6. The summed E-state index contributed by atoms with van der Waals surface area (Å²) in [5.74, 6) is 0. The van der Waals surface area contributed by atoms with Crippen LogP contribution in [-0.2, 0) is 0 Å². The number of hydrogen-bond acceptors (Lipinski definition) is 4. The zero-order valence-corrected chi connectivity index (χ0v) is 19.1. The van der Waals surface area contributed by atoms with Crippen molar-refractivity contribution in [1.82, 2.24) is 0 Å². The van der Waals surface area contributed by atoms with Crippen LogP contribution in [0.25, 0.3) is 0 Å². The van der Waals surface area contributed by atoms with E-state index in [2.05, 4.69) is 27.7 Å². The van der Waals surface area contributed by atoms with Crippen molar-refractivity contribution in [2.75, 3.05) is 13.2 Å². The van der Waals surface area contributed by atoms with Gasteiger partial charge in [0.05, 0.1) is 0 Å². The third-order valence-corrected chi connectivity index (χ3v) is 6.28. The third kappa shape index (κ3) is 7.05. The molecule has 0 heterocycles. The first kappa shape index (κ1) is 24.8. The Hall–Kier alpha value is -1.46. The molecule has 2 rings (SSSR count). The minimum atomic E-state index is -0.592. The number of allylic oxidation sites excluding steroid dienone is 4. The van der Waals surface area contributed by atoms with E-state index in [1.165, 1.54) is 0 Å². The van der Waals surface area contributed by atoms with Gasteiger partial charge in [0.15, 0.2) is 0 Å². The van der Waals surface area contributed by atoms with Gasteiger partial charge in [-0.2, -0.15) is 0 Å². The Bertz CT molecular complexity index is 672. The molecule has 30 heavy (non-hydrogen) atoms. The van der Waals surface area contributed by atoms with E-state index in [0.29, 0.717) is 0 Å². The van der Waals surface area contributed by atoms with Crippen LogP contribution in [0.2, 0.25) is 0 Å². The lowest BCUT2D eigenvalue weighted by atomic mass is 9.87. The molecule has 2 unspecified atom stereocenters. The first-order valence-electron chi connectivity index (χ1n) is 11.2. The van der Waals surface area contributed by atoms with Gasteiger partial charge in [-0.3, -0.25) is 0 Å². The predicted octanol–water partition coefficient (Wildman–Crippen LogP) is 4.37. The topological polar surface area (TPSA) is 80.9 Å². The van der Waals surface area contributed by atoms with Crippen LogP contribution in [0.5, 0.6) is 0 Å². The largest absolute Gasteiger partial charge is 0.396 e. The quantitative estimate of drug-likeness (QED) is 0.381. The van der Waals surface area contributed by atoms with Gasteiger partial charge in [-0.05, 0) is 71.6 Å². The van der Waals surface area contributed by atoms with Gasteiger partial charge in [0.2, 0.25) is 0 Å². The van der Waals surface area contributed by atoms with E-state index in [1.54, 1.807) is 0 Å². The molecule has 168 valence electrons. The molecule has 2 atom stereocenters. The second-order valence-corrected chi connectivity index (χ2v) is 10.3. The van der Waals surface area contributed by atoms with Crippen LogP contribution in [0.15, 0.2) is 58.7 Å². The Morgan fingerprint density at radius 3 is 1.40 bits per heavy atom. The maximum Gasteiger partial charge on any atom is 0.100 e. The molecule has 0 aromatic heterocycles. The van der Waals surface area contributed by atoms with Gasteiger partial charge >= 0.3 is 0 Å². The molecule has 0 bridgehead atoms. The van der Waals surface area contributed by atoms with E-state index in [4.69, 9.17) is 0 Å². The van der Waals surface area contributed by atoms with Gasteiger partial charge < -0.3 is 20.4 Å². The predicted molar refractivity (Wildman–Crippen MR) is 123 cm³/mol. The zero-order chi connectivity index (χ0) is 22.4. The molecule has 4 nitrogen and oxygen atoms in total. The molecule has 2 aliphatic rings. The van der Waals surface area contributed by atoms with Gasteiger partial charge in [-0.15, -0.1) is 0 Å². The number of rotatable bonds is 12. The highest BCUT2D eigenvalue weighted by Crippen LogP contribution is 2.31.